The van der Waals surface area contributed by atoms with Gasteiger partial charge in [-0.05, 0) is 31.6 Å². The van der Waals surface area contributed by atoms with Crippen LogP contribution in [0.2, 0.25) is 0 Å². The van der Waals surface area contributed by atoms with Gasteiger partial charge < -0.3 is 0 Å². The topological polar surface area (TPSA) is 0 Å². The largest absolute Gasteiger partial charge is 0.0917 e. The maximum absolute atomic E-state index is 2.39. The summed E-state index contributed by atoms with van der Waals surface area (Å²) >= 11 is 0. The fourth-order valence-corrected chi connectivity index (χ4v) is 2.12. The van der Waals surface area contributed by atoms with Crippen LogP contribution in [0.4, 0.5) is 0 Å². The van der Waals surface area contributed by atoms with E-state index in [0.29, 0.717) is 0 Å². The van der Waals surface area contributed by atoms with Crippen LogP contribution in [0.5, 0.6) is 0 Å². The summed E-state index contributed by atoms with van der Waals surface area (Å²) in [7, 11) is 0. The van der Waals surface area contributed by atoms with E-state index >= 15 is 0 Å². The lowest BCUT2D eigenvalue weighted by Gasteiger charge is -2.25. The molecule has 0 heterocycles. The molecule has 0 N–H and O–H groups in total. The Hall–Kier alpha value is -0.260. The third kappa shape index (κ3) is 3.42. The van der Waals surface area contributed by atoms with E-state index < -0.39 is 0 Å². The fraction of sp³-hybridized carbons (Fsp3) is 0.833. The molecule has 0 unspecified atom stereocenters. The van der Waals surface area contributed by atoms with Gasteiger partial charge in [0.2, 0.25) is 0 Å². The van der Waals surface area contributed by atoms with Crippen molar-refractivity contribution in [1.82, 2.24) is 0 Å². The molecular weight excluding hydrogens is 144 g/mol. The van der Waals surface area contributed by atoms with Gasteiger partial charge in [-0.15, -0.1) is 0 Å². The highest BCUT2D eigenvalue weighted by Crippen LogP contribution is 2.30. The highest BCUT2D eigenvalue weighted by Gasteiger charge is 2.16. The molecule has 0 aromatic rings. The van der Waals surface area contributed by atoms with Crippen molar-refractivity contribution in [3.63, 3.8) is 0 Å². The molecule has 0 spiro atoms. The lowest BCUT2D eigenvalue weighted by atomic mass is 9.81. The first-order valence-electron chi connectivity index (χ1n) is 5.44. The lowest BCUT2D eigenvalue weighted by molar-refractivity contribution is 0.279. The average Bonchev–Trinajstić information content (AvgIpc) is 2.09. The molecule has 1 fully saturated rings. The molecule has 1 aliphatic carbocycles. The monoisotopic (exact) mass is 166 g/mol. The summed E-state index contributed by atoms with van der Waals surface area (Å²) in [5.74, 6) is 2.04. The van der Waals surface area contributed by atoms with Gasteiger partial charge in [0, 0.05) is 0 Å². The van der Waals surface area contributed by atoms with E-state index in [0.717, 1.165) is 11.8 Å². The Morgan fingerprint density at radius 3 is 2.42 bits per heavy atom. The van der Waals surface area contributed by atoms with Crippen LogP contribution in [0.15, 0.2) is 12.2 Å². The summed E-state index contributed by atoms with van der Waals surface area (Å²) in [6, 6.07) is 0. The zero-order valence-electron chi connectivity index (χ0n) is 8.55. The van der Waals surface area contributed by atoms with Crippen LogP contribution in [-0.2, 0) is 0 Å². The Labute approximate surface area is 77.1 Å². The number of hydrogen-bond acceptors (Lipinski definition) is 0. The van der Waals surface area contributed by atoms with E-state index in [1.54, 1.807) is 0 Å². The SMILES string of the molecule is CC=CCCC1CCC(C)CC1. The smallest absolute Gasteiger partial charge is 0.0348 e. The second kappa shape index (κ2) is 5.40. The minimum absolute atomic E-state index is 1.00. The van der Waals surface area contributed by atoms with Crippen LogP contribution < -0.4 is 0 Å². The zero-order valence-corrected chi connectivity index (χ0v) is 8.55. The van der Waals surface area contributed by atoms with Gasteiger partial charge in [-0.25, -0.2) is 0 Å². The van der Waals surface area contributed by atoms with Crippen molar-refractivity contribution >= 4 is 0 Å². The highest BCUT2D eigenvalue weighted by molar-refractivity contribution is 4.79. The summed E-state index contributed by atoms with van der Waals surface area (Å²) in [5.41, 5.74) is 0. The number of allylic oxidation sites excluding steroid dienone is 2. The Kier molecular flexibility index (Phi) is 4.42. The van der Waals surface area contributed by atoms with Crippen LogP contribution in [0.25, 0.3) is 0 Å². The third-order valence-electron chi connectivity index (χ3n) is 3.11. The van der Waals surface area contributed by atoms with Crippen LogP contribution in [0.3, 0.4) is 0 Å². The second-order valence-corrected chi connectivity index (χ2v) is 4.27. The quantitative estimate of drug-likeness (QED) is 0.552. The van der Waals surface area contributed by atoms with E-state index in [2.05, 4.69) is 26.0 Å². The molecule has 70 valence electrons. The highest BCUT2D eigenvalue weighted by atomic mass is 14.2. The van der Waals surface area contributed by atoms with Crippen LogP contribution in [0.1, 0.15) is 52.4 Å². The van der Waals surface area contributed by atoms with Crippen LogP contribution in [-0.4, -0.2) is 0 Å². The standard InChI is InChI=1S/C12H22/c1-3-4-5-6-12-9-7-11(2)8-10-12/h3-4,11-12H,5-10H2,1-2H3. The molecule has 0 aliphatic heterocycles. The normalized spacial score (nSPS) is 31.2. The average molecular weight is 166 g/mol. The van der Waals surface area contributed by atoms with Gasteiger partial charge >= 0.3 is 0 Å². The molecule has 0 aromatic carbocycles. The Morgan fingerprint density at radius 2 is 1.83 bits per heavy atom. The molecule has 0 bridgehead atoms. The van der Waals surface area contributed by atoms with Crippen LogP contribution in [0, 0.1) is 11.8 Å². The van der Waals surface area contributed by atoms with Gasteiger partial charge in [-0.1, -0.05) is 44.8 Å². The van der Waals surface area contributed by atoms with E-state index in [1.807, 2.05) is 0 Å². The first kappa shape index (κ1) is 9.83. The number of hydrogen-bond donors (Lipinski definition) is 0. The molecule has 0 atom stereocenters. The molecule has 0 saturated heterocycles. The van der Waals surface area contributed by atoms with Gasteiger partial charge in [0.05, 0.1) is 0 Å². The zero-order chi connectivity index (χ0) is 8.81. The Bertz CT molecular complexity index is 127. The second-order valence-electron chi connectivity index (χ2n) is 4.27. The fourth-order valence-electron chi connectivity index (χ4n) is 2.12. The first-order chi connectivity index (χ1) is 5.83. The maximum Gasteiger partial charge on any atom is -0.0348 e. The minimum Gasteiger partial charge on any atom is -0.0917 e. The molecule has 0 nitrogen and oxygen atoms in total. The van der Waals surface area contributed by atoms with Gasteiger partial charge in [0.15, 0.2) is 0 Å². The summed E-state index contributed by atoms with van der Waals surface area (Å²) in [4.78, 5) is 0. The Morgan fingerprint density at radius 1 is 1.17 bits per heavy atom. The summed E-state index contributed by atoms with van der Waals surface area (Å²) in [5, 5.41) is 0. The Balaban J connectivity index is 2.09. The molecule has 0 aromatic heterocycles. The minimum atomic E-state index is 1.00. The number of rotatable bonds is 3. The van der Waals surface area contributed by atoms with E-state index in [1.165, 1.54) is 38.5 Å². The van der Waals surface area contributed by atoms with Crippen molar-refractivity contribution in [2.45, 2.75) is 52.4 Å². The lowest BCUT2D eigenvalue weighted by Crippen LogP contribution is -2.11. The van der Waals surface area contributed by atoms with Crippen molar-refractivity contribution in [2.24, 2.45) is 11.8 Å². The van der Waals surface area contributed by atoms with Gasteiger partial charge in [0.25, 0.3) is 0 Å². The van der Waals surface area contributed by atoms with Crippen molar-refractivity contribution in [3.05, 3.63) is 12.2 Å². The summed E-state index contributed by atoms with van der Waals surface area (Å²) < 4.78 is 0. The van der Waals surface area contributed by atoms with Crippen molar-refractivity contribution < 1.29 is 0 Å². The maximum atomic E-state index is 2.39. The summed E-state index contributed by atoms with van der Waals surface area (Å²) in [6.45, 7) is 4.51. The van der Waals surface area contributed by atoms with Crippen molar-refractivity contribution in [2.75, 3.05) is 0 Å². The predicted octanol–water partition coefficient (Wildman–Crippen LogP) is 4.17. The molecular formula is C12H22. The first-order valence-corrected chi connectivity index (χ1v) is 5.44. The van der Waals surface area contributed by atoms with Gasteiger partial charge in [0.1, 0.15) is 0 Å². The molecule has 1 aliphatic rings. The molecule has 1 rings (SSSR count). The molecule has 1 saturated carbocycles. The molecule has 0 heteroatoms. The van der Waals surface area contributed by atoms with Gasteiger partial charge in [-0.2, -0.15) is 0 Å². The molecule has 12 heavy (non-hydrogen) atoms. The van der Waals surface area contributed by atoms with E-state index in [9.17, 15) is 0 Å². The van der Waals surface area contributed by atoms with Crippen molar-refractivity contribution in [1.29, 1.82) is 0 Å². The molecule has 0 radical (unpaired) electrons. The van der Waals surface area contributed by atoms with Crippen molar-refractivity contribution in [3.8, 4) is 0 Å². The molecule has 0 amide bonds. The predicted molar refractivity (Wildman–Crippen MR) is 55.2 cm³/mol. The van der Waals surface area contributed by atoms with Gasteiger partial charge in [-0.3, -0.25) is 0 Å². The van der Waals surface area contributed by atoms with Crippen LogP contribution >= 0.6 is 0 Å². The van der Waals surface area contributed by atoms with E-state index in [4.69, 9.17) is 0 Å². The third-order valence-corrected chi connectivity index (χ3v) is 3.11. The summed E-state index contributed by atoms with van der Waals surface area (Å²) in [6.07, 6.45) is 13.1. The van der Waals surface area contributed by atoms with E-state index in [-0.39, 0.29) is 0 Å².